The van der Waals surface area contributed by atoms with Crippen LogP contribution in [0.2, 0.25) is 0 Å². The molecular formula is C18H25N5O. The minimum absolute atomic E-state index is 0.183. The van der Waals surface area contributed by atoms with Gasteiger partial charge in [-0.05, 0) is 50.6 Å². The molecule has 1 N–H and O–H groups in total. The average Bonchev–Trinajstić information content (AvgIpc) is 3.00. The van der Waals surface area contributed by atoms with E-state index in [0.717, 1.165) is 38.0 Å². The van der Waals surface area contributed by atoms with E-state index in [1.54, 1.807) is 12.4 Å². The summed E-state index contributed by atoms with van der Waals surface area (Å²) in [6.45, 7) is 3.21. The van der Waals surface area contributed by atoms with Gasteiger partial charge in [-0.1, -0.05) is 6.07 Å². The third kappa shape index (κ3) is 4.64. The Balaban J connectivity index is 1.68. The molecule has 128 valence electrons. The van der Waals surface area contributed by atoms with Crippen LogP contribution in [0.4, 0.5) is 0 Å². The molecule has 0 radical (unpaired) electrons. The molecule has 6 heteroatoms. The highest BCUT2D eigenvalue weighted by molar-refractivity contribution is 5.76. The van der Waals surface area contributed by atoms with E-state index in [0.29, 0.717) is 19.5 Å². The third-order valence-corrected chi connectivity index (χ3v) is 4.48. The number of nitrogens with zero attached hydrogens (tertiary/aromatic N) is 4. The molecule has 6 nitrogen and oxygen atoms in total. The number of hydrogen-bond acceptors (Lipinski definition) is 4. The number of nitrogens with one attached hydrogen (secondary N) is 1. The lowest BCUT2D eigenvalue weighted by atomic mass is 10.1. The van der Waals surface area contributed by atoms with E-state index in [2.05, 4.69) is 15.4 Å². The van der Waals surface area contributed by atoms with Crippen LogP contribution >= 0.6 is 0 Å². The normalized spacial score (nSPS) is 18.1. The van der Waals surface area contributed by atoms with Gasteiger partial charge >= 0.3 is 0 Å². The van der Waals surface area contributed by atoms with Crippen molar-refractivity contribution in [3.05, 3.63) is 48.5 Å². The fourth-order valence-electron chi connectivity index (χ4n) is 3.19. The summed E-state index contributed by atoms with van der Waals surface area (Å²) in [6.07, 6.45) is 9.05. The van der Waals surface area contributed by atoms with Crippen molar-refractivity contribution in [2.24, 2.45) is 0 Å². The van der Waals surface area contributed by atoms with Crippen molar-refractivity contribution in [1.29, 1.82) is 0 Å². The molecule has 0 aliphatic carbocycles. The van der Waals surface area contributed by atoms with Crippen molar-refractivity contribution in [2.45, 2.75) is 44.8 Å². The van der Waals surface area contributed by atoms with E-state index in [1.807, 2.05) is 40.0 Å². The van der Waals surface area contributed by atoms with E-state index in [9.17, 15) is 4.79 Å². The van der Waals surface area contributed by atoms with E-state index >= 15 is 0 Å². The van der Waals surface area contributed by atoms with Crippen LogP contribution in [0.3, 0.4) is 0 Å². The van der Waals surface area contributed by atoms with Gasteiger partial charge in [0.25, 0.3) is 0 Å². The maximum absolute atomic E-state index is 12.9. The number of pyridine rings is 1. The van der Waals surface area contributed by atoms with Crippen molar-refractivity contribution in [1.82, 2.24) is 25.0 Å². The molecule has 3 rings (SSSR count). The zero-order valence-electron chi connectivity index (χ0n) is 14.0. The second kappa shape index (κ2) is 8.59. The van der Waals surface area contributed by atoms with Crippen LogP contribution in [-0.4, -0.2) is 44.7 Å². The Hall–Kier alpha value is -2.21. The number of aromatic nitrogens is 3. The van der Waals surface area contributed by atoms with Crippen molar-refractivity contribution < 1.29 is 4.79 Å². The van der Waals surface area contributed by atoms with Gasteiger partial charge in [-0.3, -0.25) is 14.5 Å². The Labute approximate surface area is 142 Å². The first-order valence-electron chi connectivity index (χ1n) is 8.70. The number of aryl methyl sites for hydroxylation is 1. The fraction of sp³-hybridized carbons (Fsp3) is 0.500. The van der Waals surface area contributed by atoms with Gasteiger partial charge in [-0.15, -0.1) is 0 Å². The number of rotatable bonds is 6. The smallest absolute Gasteiger partial charge is 0.225 e. The molecule has 1 unspecified atom stereocenters. The summed E-state index contributed by atoms with van der Waals surface area (Å²) in [5.74, 6) is 0.183. The predicted molar refractivity (Wildman–Crippen MR) is 92.1 cm³/mol. The van der Waals surface area contributed by atoms with Gasteiger partial charge in [0, 0.05) is 37.6 Å². The molecule has 1 aliphatic heterocycles. The van der Waals surface area contributed by atoms with Crippen LogP contribution in [0.1, 0.15) is 31.4 Å². The van der Waals surface area contributed by atoms with Gasteiger partial charge in [-0.25, -0.2) is 0 Å². The molecule has 1 saturated heterocycles. The lowest BCUT2D eigenvalue weighted by molar-refractivity contribution is -0.134. The predicted octanol–water partition coefficient (Wildman–Crippen LogP) is 1.84. The quantitative estimate of drug-likeness (QED) is 0.879. The molecule has 0 spiro atoms. The van der Waals surface area contributed by atoms with E-state index in [4.69, 9.17) is 0 Å². The summed E-state index contributed by atoms with van der Waals surface area (Å²) >= 11 is 0. The zero-order valence-corrected chi connectivity index (χ0v) is 14.0. The molecule has 1 atom stereocenters. The fourth-order valence-corrected chi connectivity index (χ4v) is 3.19. The largest absolute Gasteiger partial charge is 0.334 e. The molecule has 3 heterocycles. The molecule has 2 aromatic rings. The van der Waals surface area contributed by atoms with Crippen LogP contribution in [-0.2, 0) is 17.9 Å². The number of amides is 1. The van der Waals surface area contributed by atoms with E-state index in [1.165, 1.54) is 0 Å². The van der Waals surface area contributed by atoms with Gasteiger partial charge < -0.3 is 10.2 Å². The molecule has 1 amide bonds. The maximum Gasteiger partial charge on any atom is 0.225 e. The van der Waals surface area contributed by atoms with Gasteiger partial charge in [0.05, 0.1) is 12.2 Å². The highest BCUT2D eigenvalue weighted by atomic mass is 16.2. The monoisotopic (exact) mass is 327 g/mol. The lowest BCUT2D eigenvalue weighted by Gasteiger charge is -2.31. The van der Waals surface area contributed by atoms with Crippen LogP contribution < -0.4 is 5.32 Å². The zero-order chi connectivity index (χ0) is 16.6. The SMILES string of the molecule is O=C(CCn1cccn1)N(Cc1ccccn1)C1CCCNCC1. The average molecular weight is 327 g/mol. The molecular weight excluding hydrogens is 302 g/mol. The van der Waals surface area contributed by atoms with Gasteiger partial charge in [0.2, 0.25) is 5.91 Å². The van der Waals surface area contributed by atoms with Crippen LogP contribution in [0.5, 0.6) is 0 Å². The Morgan fingerprint density at radius 2 is 2.21 bits per heavy atom. The van der Waals surface area contributed by atoms with Crippen molar-refractivity contribution in [3.63, 3.8) is 0 Å². The lowest BCUT2D eigenvalue weighted by Crippen LogP contribution is -2.40. The van der Waals surface area contributed by atoms with Crippen LogP contribution in [0, 0.1) is 0 Å². The summed E-state index contributed by atoms with van der Waals surface area (Å²) in [5.41, 5.74) is 0.946. The standard InChI is InChI=1S/C18H25N5O/c24-18(8-14-22-13-4-11-21-22)23(15-16-5-1-2-10-20-16)17-6-3-9-19-12-7-17/h1-2,4-5,10-11,13,17,19H,3,6-9,12,14-15H2. The number of hydrogen-bond donors (Lipinski definition) is 1. The van der Waals surface area contributed by atoms with Crippen LogP contribution in [0.25, 0.3) is 0 Å². The first-order chi connectivity index (χ1) is 11.8. The second-order valence-corrected chi connectivity index (χ2v) is 6.20. The second-order valence-electron chi connectivity index (χ2n) is 6.20. The maximum atomic E-state index is 12.9. The highest BCUT2D eigenvalue weighted by Crippen LogP contribution is 2.17. The van der Waals surface area contributed by atoms with Crippen LogP contribution in [0.15, 0.2) is 42.9 Å². The first kappa shape index (κ1) is 16.6. The summed E-state index contributed by atoms with van der Waals surface area (Å²) in [6, 6.07) is 8.04. The molecule has 1 fully saturated rings. The topological polar surface area (TPSA) is 63.1 Å². The molecule has 2 aromatic heterocycles. The Bertz CT molecular complexity index is 606. The summed E-state index contributed by atoms with van der Waals surface area (Å²) in [5, 5.41) is 7.60. The van der Waals surface area contributed by atoms with Crippen molar-refractivity contribution in [3.8, 4) is 0 Å². The molecule has 0 bridgehead atoms. The minimum atomic E-state index is 0.183. The Morgan fingerprint density at radius 3 is 3.00 bits per heavy atom. The van der Waals surface area contributed by atoms with Gasteiger partial charge in [0.1, 0.15) is 0 Å². The highest BCUT2D eigenvalue weighted by Gasteiger charge is 2.24. The summed E-state index contributed by atoms with van der Waals surface area (Å²) in [4.78, 5) is 19.3. The third-order valence-electron chi connectivity index (χ3n) is 4.48. The van der Waals surface area contributed by atoms with Gasteiger partial charge in [0.15, 0.2) is 0 Å². The minimum Gasteiger partial charge on any atom is -0.334 e. The molecule has 1 aliphatic rings. The first-order valence-corrected chi connectivity index (χ1v) is 8.70. The van der Waals surface area contributed by atoms with Gasteiger partial charge in [-0.2, -0.15) is 5.10 Å². The van der Waals surface area contributed by atoms with E-state index < -0.39 is 0 Å². The summed E-state index contributed by atoms with van der Waals surface area (Å²) in [7, 11) is 0. The Morgan fingerprint density at radius 1 is 1.25 bits per heavy atom. The van der Waals surface area contributed by atoms with Crippen molar-refractivity contribution >= 4 is 5.91 Å². The molecule has 0 aromatic carbocycles. The molecule has 0 saturated carbocycles. The van der Waals surface area contributed by atoms with E-state index in [-0.39, 0.29) is 11.9 Å². The number of carbonyl (C=O) groups is 1. The molecule has 24 heavy (non-hydrogen) atoms. The number of carbonyl (C=O) groups excluding carboxylic acids is 1. The Kier molecular flexibility index (Phi) is 5.96. The summed E-state index contributed by atoms with van der Waals surface area (Å²) < 4.78 is 1.81. The van der Waals surface area contributed by atoms with Crippen molar-refractivity contribution in [2.75, 3.05) is 13.1 Å².